The third-order valence-corrected chi connectivity index (χ3v) is 4.75. The second-order valence-corrected chi connectivity index (χ2v) is 6.22. The average Bonchev–Trinajstić information content (AvgIpc) is 2.63. The van der Waals surface area contributed by atoms with Crippen LogP contribution in [0.15, 0.2) is 47.3 Å². The van der Waals surface area contributed by atoms with Crippen LogP contribution in [0, 0.1) is 0 Å². The average molecular weight is 334 g/mol. The highest BCUT2D eigenvalue weighted by molar-refractivity contribution is 6.28. The molecule has 1 aliphatic rings. The first kappa shape index (κ1) is 15.6. The summed E-state index contributed by atoms with van der Waals surface area (Å²) in [6, 6.07) is 12.7. The predicted octanol–water partition coefficient (Wildman–Crippen LogP) is 2.54. The monoisotopic (exact) mass is 334 g/mol. The first-order valence-corrected chi connectivity index (χ1v) is 8.29. The number of hydrogen-bond acceptors (Lipinski definition) is 4. The van der Waals surface area contributed by atoms with Gasteiger partial charge in [-0.1, -0.05) is 24.3 Å². The zero-order chi connectivity index (χ0) is 17.6. The Kier molecular flexibility index (Phi) is 3.66. The number of aryl methyl sites for hydroxylation is 1. The van der Waals surface area contributed by atoms with Crippen LogP contribution in [0.4, 0.5) is 5.69 Å². The summed E-state index contributed by atoms with van der Waals surface area (Å²) in [4.78, 5) is 25.5. The molecular formula is C20H18N2O3. The highest BCUT2D eigenvalue weighted by Gasteiger charge is 2.28. The van der Waals surface area contributed by atoms with Crippen molar-refractivity contribution >= 4 is 22.4 Å². The molecule has 25 heavy (non-hydrogen) atoms. The number of carbonyl (C=O) groups excluding carboxylic acids is 1. The molecule has 5 heteroatoms. The molecule has 0 saturated heterocycles. The molecule has 2 N–H and O–H groups in total. The molecular weight excluding hydrogens is 316 g/mol. The van der Waals surface area contributed by atoms with Gasteiger partial charge in [-0.25, -0.2) is 0 Å². The Morgan fingerprint density at radius 2 is 1.80 bits per heavy atom. The first-order chi connectivity index (χ1) is 12.1. The van der Waals surface area contributed by atoms with Gasteiger partial charge in [0.2, 0.25) is 0 Å². The maximum atomic E-state index is 13.2. The number of pyridine rings is 1. The van der Waals surface area contributed by atoms with Gasteiger partial charge in [-0.3, -0.25) is 9.59 Å². The van der Waals surface area contributed by atoms with E-state index >= 15 is 0 Å². The van der Waals surface area contributed by atoms with Gasteiger partial charge in [-0.2, -0.15) is 0 Å². The van der Waals surface area contributed by atoms with Crippen LogP contribution in [0.25, 0.3) is 22.0 Å². The molecule has 0 saturated carbocycles. The van der Waals surface area contributed by atoms with Crippen molar-refractivity contribution < 1.29 is 9.90 Å². The number of fused-ring (bicyclic) bond motifs is 2. The van der Waals surface area contributed by atoms with E-state index in [-0.39, 0.29) is 17.9 Å². The molecule has 1 heterocycles. The van der Waals surface area contributed by atoms with Crippen molar-refractivity contribution in [3.8, 4) is 11.1 Å². The molecule has 0 unspecified atom stereocenters. The SMILES string of the molecule is Cn1c(=O)cc2c3c(c(NCCCO)ccc31)C(=O)c1ccccc1-2. The largest absolute Gasteiger partial charge is 0.396 e. The molecule has 1 aliphatic carbocycles. The van der Waals surface area contributed by atoms with Crippen molar-refractivity contribution in [3.63, 3.8) is 0 Å². The van der Waals surface area contributed by atoms with Crippen LogP contribution < -0.4 is 10.9 Å². The molecule has 0 spiro atoms. The van der Waals surface area contributed by atoms with Gasteiger partial charge < -0.3 is 15.0 Å². The lowest BCUT2D eigenvalue weighted by molar-refractivity contribution is 0.104. The van der Waals surface area contributed by atoms with Gasteiger partial charge in [0.25, 0.3) is 5.56 Å². The standard InChI is InChI=1S/C20H18N2O3/c1-22-16-8-7-15(21-9-4-10-23)19-18(16)14(11-17(22)24)12-5-2-3-6-13(12)20(19)25/h2-3,5-8,11,21,23H,4,9-10H2,1H3. The minimum Gasteiger partial charge on any atom is -0.396 e. The third-order valence-electron chi connectivity index (χ3n) is 4.75. The molecule has 3 aromatic rings. The Hall–Kier alpha value is -2.92. The number of nitrogens with zero attached hydrogens (tertiary/aromatic N) is 1. The smallest absolute Gasteiger partial charge is 0.251 e. The summed E-state index contributed by atoms with van der Waals surface area (Å²) < 4.78 is 1.57. The van der Waals surface area contributed by atoms with Gasteiger partial charge in [0.05, 0.1) is 11.1 Å². The number of aliphatic hydroxyl groups is 1. The summed E-state index contributed by atoms with van der Waals surface area (Å²) in [7, 11) is 1.72. The molecule has 0 atom stereocenters. The molecule has 1 aromatic heterocycles. The highest BCUT2D eigenvalue weighted by atomic mass is 16.3. The number of nitrogens with one attached hydrogen (secondary N) is 1. The summed E-state index contributed by atoms with van der Waals surface area (Å²) in [5.74, 6) is -0.0427. The minimum atomic E-state index is -0.0985. The fourth-order valence-corrected chi connectivity index (χ4v) is 3.50. The number of rotatable bonds is 4. The second kappa shape index (κ2) is 5.86. The van der Waals surface area contributed by atoms with Crippen LogP contribution in [0.2, 0.25) is 0 Å². The molecule has 5 nitrogen and oxygen atoms in total. The van der Waals surface area contributed by atoms with Crippen LogP contribution in [-0.4, -0.2) is 28.6 Å². The Morgan fingerprint density at radius 1 is 1.04 bits per heavy atom. The fourth-order valence-electron chi connectivity index (χ4n) is 3.50. The number of aromatic nitrogens is 1. The van der Waals surface area contributed by atoms with Crippen LogP contribution in [-0.2, 0) is 7.05 Å². The summed E-state index contributed by atoms with van der Waals surface area (Å²) in [5, 5.41) is 13.1. The molecule has 0 amide bonds. The molecule has 2 aromatic carbocycles. The zero-order valence-electron chi connectivity index (χ0n) is 13.9. The first-order valence-electron chi connectivity index (χ1n) is 8.29. The van der Waals surface area contributed by atoms with Crippen molar-refractivity contribution in [3.05, 3.63) is 63.9 Å². The summed E-state index contributed by atoms with van der Waals surface area (Å²) in [6.45, 7) is 0.664. The van der Waals surface area contributed by atoms with E-state index in [1.165, 1.54) is 0 Å². The van der Waals surface area contributed by atoms with Crippen LogP contribution >= 0.6 is 0 Å². The quantitative estimate of drug-likeness (QED) is 0.563. The number of ketones is 1. The van der Waals surface area contributed by atoms with Gasteiger partial charge in [-0.05, 0) is 29.7 Å². The van der Waals surface area contributed by atoms with E-state index in [0.29, 0.717) is 24.1 Å². The summed E-state index contributed by atoms with van der Waals surface area (Å²) in [6.07, 6.45) is 0.600. The van der Waals surface area contributed by atoms with Gasteiger partial charge in [-0.15, -0.1) is 0 Å². The number of carbonyl (C=O) groups is 1. The van der Waals surface area contributed by atoms with Crippen molar-refractivity contribution in [2.45, 2.75) is 6.42 Å². The maximum absolute atomic E-state index is 13.2. The Morgan fingerprint density at radius 3 is 2.56 bits per heavy atom. The second-order valence-electron chi connectivity index (χ2n) is 6.22. The number of aliphatic hydroxyl groups excluding tert-OH is 1. The van der Waals surface area contributed by atoms with Crippen LogP contribution in [0.3, 0.4) is 0 Å². The van der Waals surface area contributed by atoms with Gasteiger partial charge in [0, 0.05) is 42.9 Å². The maximum Gasteiger partial charge on any atom is 0.251 e. The van der Waals surface area contributed by atoms with Crippen LogP contribution in [0.5, 0.6) is 0 Å². The molecule has 0 aliphatic heterocycles. The molecule has 0 bridgehead atoms. The van der Waals surface area contributed by atoms with Gasteiger partial charge >= 0.3 is 0 Å². The predicted molar refractivity (Wildman–Crippen MR) is 98.2 cm³/mol. The molecule has 0 radical (unpaired) electrons. The fraction of sp³-hybridized carbons (Fsp3) is 0.200. The lowest BCUT2D eigenvalue weighted by Crippen LogP contribution is -2.21. The van der Waals surface area contributed by atoms with E-state index in [9.17, 15) is 9.59 Å². The summed E-state index contributed by atoms with van der Waals surface area (Å²) >= 11 is 0. The number of hydrogen-bond donors (Lipinski definition) is 2. The van der Waals surface area contributed by atoms with Crippen LogP contribution in [0.1, 0.15) is 22.3 Å². The normalized spacial score (nSPS) is 12.3. The van der Waals surface area contributed by atoms with E-state index in [1.807, 2.05) is 30.3 Å². The van der Waals surface area contributed by atoms with E-state index in [0.717, 1.165) is 27.7 Å². The van der Waals surface area contributed by atoms with Crippen molar-refractivity contribution in [1.82, 2.24) is 4.57 Å². The highest BCUT2D eigenvalue weighted by Crippen LogP contribution is 2.41. The Bertz CT molecular complexity index is 1070. The van der Waals surface area contributed by atoms with Crippen molar-refractivity contribution in [2.75, 3.05) is 18.5 Å². The van der Waals surface area contributed by atoms with Crippen molar-refractivity contribution in [1.29, 1.82) is 0 Å². The lowest BCUT2D eigenvalue weighted by Gasteiger charge is -2.23. The topological polar surface area (TPSA) is 71.3 Å². The van der Waals surface area contributed by atoms with Crippen molar-refractivity contribution in [2.24, 2.45) is 7.05 Å². The Labute approximate surface area is 144 Å². The lowest BCUT2D eigenvalue weighted by atomic mass is 9.83. The van der Waals surface area contributed by atoms with Gasteiger partial charge in [0.1, 0.15) is 0 Å². The Balaban J connectivity index is 2.08. The molecule has 4 rings (SSSR count). The van der Waals surface area contributed by atoms with E-state index in [1.54, 1.807) is 23.7 Å². The molecule has 0 fully saturated rings. The van der Waals surface area contributed by atoms with E-state index < -0.39 is 0 Å². The van der Waals surface area contributed by atoms with E-state index in [2.05, 4.69) is 5.32 Å². The minimum absolute atomic E-state index is 0.0427. The summed E-state index contributed by atoms with van der Waals surface area (Å²) in [5.41, 5.74) is 4.19. The number of benzene rings is 2. The third kappa shape index (κ3) is 2.27. The number of anilines is 1. The van der Waals surface area contributed by atoms with E-state index in [4.69, 9.17) is 5.11 Å². The zero-order valence-corrected chi connectivity index (χ0v) is 13.9. The van der Waals surface area contributed by atoms with Gasteiger partial charge in [0.15, 0.2) is 5.78 Å². The molecule has 126 valence electrons.